The van der Waals surface area contributed by atoms with Gasteiger partial charge in [0.1, 0.15) is 0 Å². The van der Waals surface area contributed by atoms with Crippen LogP contribution < -0.4 is 10.0 Å². The fourth-order valence-corrected chi connectivity index (χ4v) is 3.39. The average Bonchev–Trinajstić information content (AvgIpc) is 2.56. The SMILES string of the molecule is COCCNS(=O)(=O)c1ccc(NC(=O)N2CCCCC2)cc1. The molecule has 1 fully saturated rings. The zero-order chi connectivity index (χ0) is 16.7. The number of anilines is 1. The minimum Gasteiger partial charge on any atom is -0.383 e. The van der Waals surface area contributed by atoms with Gasteiger partial charge in [-0.2, -0.15) is 0 Å². The summed E-state index contributed by atoms with van der Waals surface area (Å²) in [7, 11) is -2.04. The van der Waals surface area contributed by atoms with Gasteiger partial charge < -0.3 is 15.0 Å². The zero-order valence-electron chi connectivity index (χ0n) is 13.2. The van der Waals surface area contributed by atoms with Crippen LogP contribution in [-0.4, -0.2) is 52.7 Å². The van der Waals surface area contributed by atoms with Crippen molar-refractivity contribution in [2.75, 3.05) is 38.7 Å². The summed E-state index contributed by atoms with van der Waals surface area (Å²) in [6.45, 7) is 2.05. The Morgan fingerprint density at radius 1 is 1.17 bits per heavy atom. The van der Waals surface area contributed by atoms with Gasteiger partial charge in [-0.3, -0.25) is 0 Å². The third kappa shape index (κ3) is 5.19. The highest BCUT2D eigenvalue weighted by molar-refractivity contribution is 7.89. The van der Waals surface area contributed by atoms with Crippen LogP contribution in [-0.2, 0) is 14.8 Å². The number of carbonyl (C=O) groups excluding carboxylic acids is 1. The minimum atomic E-state index is -3.55. The van der Waals surface area contributed by atoms with E-state index >= 15 is 0 Å². The van der Waals surface area contributed by atoms with E-state index in [0.29, 0.717) is 12.3 Å². The van der Waals surface area contributed by atoms with Crippen LogP contribution in [0.5, 0.6) is 0 Å². The van der Waals surface area contributed by atoms with E-state index in [9.17, 15) is 13.2 Å². The minimum absolute atomic E-state index is 0.140. The molecule has 0 atom stereocenters. The molecule has 0 unspecified atom stereocenters. The van der Waals surface area contributed by atoms with Crippen LogP contribution in [0.1, 0.15) is 19.3 Å². The van der Waals surface area contributed by atoms with Gasteiger partial charge in [-0.1, -0.05) is 0 Å². The summed E-state index contributed by atoms with van der Waals surface area (Å²) in [6, 6.07) is 5.99. The number of sulfonamides is 1. The number of methoxy groups -OCH3 is 1. The van der Waals surface area contributed by atoms with E-state index in [4.69, 9.17) is 4.74 Å². The van der Waals surface area contributed by atoms with Gasteiger partial charge in [-0.25, -0.2) is 17.9 Å². The number of amides is 2. The quantitative estimate of drug-likeness (QED) is 0.770. The number of carbonyl (C=O) groups is 1. The van der Waals surface area contributed by atoms with E-state index in [-0.39, 0.29) is 17.5 Å². The lowest BCUT2D eigenvalue weighted by atomic mass is 10.1. The molecule has 2 N–H and O–H groups in total. The Kier molecular flexibility index (Phi) is 6.37. The number of ether oxygens (including phenoxy) is 1. The third-order valence-electron chi connectivity index (χ3n) is 3.66. The van der Waals surface area contributed by atoms with Gasteiger partial charge in [0, 0.05) is 32.4 Å². The summed E-state index contributed by atoms with van der Waals surface area (Å²) in [5, 5.41) is 2.79. The number of benzene rings is 1. The van der Waals surface area contributed by atoms with Gasteiger partial charge in [0.25, 0.3) is 0 Å². The predicted molar refractivity (Wildman–Crippen MR) is 87.9 cm³/mol. The van der Waals surface area contributed by atoms with Crippen LogP contribution in [0, 0.1) is 0 Å². The Morgan fingerprint density at radius 3 is 2.43 bits per heavy atom. The van der Waals surface area contributed by atoms with Gasteiger partial charge in [0.2, 0.25) is 10.0 Å². The second-order valence-corrected chi connectivity index (χ2v) is 7.16. The summed E-state index contributed by atoms with van der Waals surface area (Å²) in [5.41, 5.74) is 0.580. The molecule has 2 rings (SSSR count). The molecule has 2 amide bonds. The monoisotopic (exact) mass is 341 g/mol. The number of hydrogen-bond acceptors (Lipinski definition) is 4. The molecular formula is C15H23N3O4S. The van der Waals surface area contributed by atoms with Crippen LogP contribution >= 0.6 is 0 Å². The Balaban J connectivity index is 1.94. The van der Waals surface area contributed by atoms with Crippen molar-refractivity contribution in [1.29, 1.82) is 0 Å². The van der Waals surface area contributed by atoms with E-state index in [1.54, 1.807) is 17.0 Å². The van der Waals surface area contributed by atoms with E-state index in [1.165, 1.54) is 19.2 Å². The van der Waals surface area contributed by atoms with Crippen molar-refractivity contribution in [3.63, 3.8) is 0 Å². The molecular weight excluding hydrogens is 318 g/mol. The van der Waals surface area contributed by atoms with Crippen molar-refractivity contribution in [1.82, 2.24) is 9.62 Å². The van der Waals surface area contributed by atoms with Crippen molar-refractivity contribution < 1.29 is 17.9 Å². The van der Waals surface area contributed by atoms with Crippen LogP contribution in [0.2, 0.25) is 0 Å². The van der Waals surface area contributed by atoms with Crippen molar-refractivity contribution in [3.8, 4) is 0 Å². The molecule has 7 nitrogen and oxygen atoms in total. The number of rotatable bonds is 6. The number of likely N-dealkylation sites (tertiary alicyclic amines) is 1. The first kappa shape index (κ1) is 17.7. The lowest BCUT2D eigenvalue weighted by Gasteiger charge is -2.26. The second-order valence-electron chi connectivity index (χ2n) is 5.39. The van der Waals surface area contributed by atoms with Gasteiger partial charge in [-0.05, 0) is 43.5 Å². The van der Waals surface area contributed by atoms with Crippen molar-refractivity contribution in [2.45, 2.75) is 24.2 Å². The Hall–Kier alpha value is -1.64. The van der Waals surface area contributed by atoms with Crippen molar-refractivity contribution in [3.05, 3.63) is 24.3 Å². The molecule has 0 radical (unpaired) electrons. The highest BCUT2D eigenvalue weighted by Gasteiger charge is 2.17. The molecule has 1 heterocycles. The first-order valence-electron chi connectivity index (χ1n) is 7.67. The first-order chi connectivity index (χ1) is 11.0. The smallest absolute Gasteiger partial charge is 0.321 e. The lowest BCUT2D eigenvalue weighted by Crippen LogP contribution is -2.38. The van der Waals surface area contributed by atoms with Crippen molar-refractivity contribution in [2.24, 2.45) is 0 Å². The fourth-order valence-electron chi connectivity index (χ4n) is 2.38. The summed E-state index contributed by atoms with van der Waals surface area (Å²) in [5.74, 6) is 0. The maximum Gasteiger partial charge on any atom is 0.321 e. The van der Waals surface area contributed by atoms with Crippen LogP contribution in [0.4, 0.5) is 10.5 Å². The number of hydrogen-bond donors (Lipinski definition) is 2. The number of nitrogens with one attached hydrogen (secondary N) is 2. The molecule has 1 saturated heterocycles. The molecule has 128 valence electrons. The Morgan fingerprint density at radius 2 is 1.83 bits per heavy atom. The van der Waals surface area contributed by atoms with Crippen LogP contribution in [0.15, 0.2) is 29.2 Å². The topological polar surface area (TPSA) is 87.7 Å². The zero-order valence-corrected chi connectivity index (χ0v) is 14.1. The largest absolute Gasteiger partial charge is 0.383 e. The molecule has 8 heteroatoms. The van der Waals surface area contributed by atoms with E-state index < -0.39 is 10.0 Å². The molecule has 0 spiro atoms. The van der Waals surface area contributed by atoms with E-state index in [0.717, 1.165) is 32.4 Å². The number of piperidine rings is 1. The van der Waals surface area contributed by atoms with Gasteiger partial charge in [0.05, 0.1) is 11.5 Å². The molecule has 0 aliphatic carbocycles. The highest BCUT2D eigenvalue weighted by atomic mass is 32.2. The Bertz CT molecular complexity index is 610. The molecule has 23 heavy (non-hydrogen) atoms. The van der Waals surface area contributed by atoms with Gasteiger partial charge >= 0.3 is 6.03 Å². The van der Waals surface area contributed by atoms with Gasteiger partial charge in [0.15, 0.2) is 0 Å². The second kappa shape index (κ2) is 8.28. The lowest BCUT2D eigenvalue weighted by molar-refractivity contribution is 0.200. The number of urea groups is 1. The molecule has 1 aliphatic rings. The molecule has 0 saturated carbocycles. The number of nitrogens with zero attached hydrogens (tertiary/aromatic N) is 1. The molecule has 1 aromatic rings. The van der Waals surface area contributed by atoms with E-state index in [1.807, 2.05) is 0 Å². The summed E-state index contributed by atoms with van der Waals surface area (Å²) in [4.78, 5) is 14.0. The Labute approximate surface area is 137 Å². The molecule has 0 bridgehead atoms. The normalized spacial score (nSPS) is 15.4. The maximum absolute atomic E-state index is 12.1. The third-order valence-corrected chi connectivity index (χ3v) is 5.13. The van der Waals surface area contributed by atoms with Crippen molar-refractivity contribution >= 4 is 21.7 Å². The van der Waals surface area contributed by atoms with Crippen LogP contribution in [0.3, 0.4) is 0 Å². The summed E-state index contributed by atoms with van der Waals surface area (Å²) < 4.78 is 31.3. The molecule has 1 aliphatic heterocycles. The summed E-state index contributed by atoms with van der Waals surface area (Å²) >= 11 is 0. The molecule has 1 aromatic carbocycles. The maximum atomic E-state index is 12.1. The average molecular weight is 341 g/mol. The first-order valence-corrected chi connectivity index (χ1v) is 9.16. The van der Waals surface area contributed by atoms with Crippen LogP contribution in [0.25, 0.3) is 0 Å². The van der Waals surface area contributed by atoms with Gasteiger partial charge in [-0.15, -0.1) is 0 Å². The highest BCUT2D eigenvalue weighted by Crippen LogP contribution is 2.16. The molecule has 0 aromatic heterocycles. The summed E-state index contributed by atoms with van der Waals surface area (Å²) in [6.07, 6.45) is 3.21. The predicted octanol–water partition coefficient (Wildman–Crippen LogP) is 1.63. The van der Waals surface area contributed by atoms with E-state index in [2.05, 4.69) is 10.0 Å². The fraction of sp³-hybridized carbons (Fsp3) is 0.533. The standard InChI is InChI=1S/C15H23N3O4S/c1-22-12-9-16-23(20,21)14-7-5-13(6-8-14)17-15(19)18-10-3-2-4-11-18/h5-8,16H,2-4,9-12H2,1H3,(H,17,19).